The number of esters is 1. The summed E-state index contributed by atoms with van der Waals surface area (Å²) in [6, 6.07) is 7.29. The Hall–Kier alpha value is -1.93. The summed E-state index contributed by atoms with van der Waals surface area (Å²) in [7, 11) is 0. The first-order valence-electron chi connectivity index (χ1n) is 9.27. The van der Waals surface area contributed by atoms with Gasteiger partial charge in [0.2, 0.25) is 0 Å². The summed E-state index contributed by atoms with van der Waals surface area (Å²) in [5.74, 6) is -0.558. The molecular weight excluding hydrogens is 400 g/mol. The van der Waals surface area contributed by atoms with E-state index in [2.05, 4.69) is 5.32 Å². The zero-order valence-electron chi connectivity index (χ0n) is 16.0. The number of anilines is 1. The Morgan fingerprint density at radius 2 is 1.93 bits per heavy atom. The summed E-state index contributed by atoms with van der Waals surface area (Å²) in [5, 5.41) is 4.08. The van der Waals surface area contributed by atoms with Crippen molar-refractivity contribution in [1.82, 2.24) is 0 Å². The average molecular weight is 424 g/mol. The van der Waals surface area contributed by atoms with E-state index in [0.29, 0.717) is 35.3 Å². The van der Waals surface area contributed by atoms with Crippen molar-refractivity contribution in [3.8, 4) is 11.1 Å². The van der Waals surface area contributed by atoms with E-state index >= 15 is 0 Å². The summed E-state index contributed by atoms with van der Waals surface area (Å²) in [5.41, 5.74) is 2.03. The zero-order chi connectivity index (χ0) is 20.1. The first-order chi connectivity index (χ1) is 13.5. The fourth-order valence-corrected chi connectivity index (χ4v) is 4.44. The van der Waals surface area contributed by atoms with Crippen molar-refractivity contribution in [2.75, 3.05) is 44.8 Å². The van der Waals surface area contributed by atoms with Gasteiger partial charge in [0.15, 0.2) is 6.54 Å². The third kappa shape index (κ3) is 4.91. The number of hydrogen-bond acceptors (Lipinski definition) is 5. The number of amides is 1. The fourth-order valence-electron chi connectivity index (χ4n) is 3.23. The number of halogens is 1. The molecule has 2 aromatic rings. The first kappa shape index (κ1) is 20.8. The third-order valence-electron chi connectivity index (χ3n) is 4.56. The number of carbonyl (C=O) groups excluding carboxylic acids is 2. The van der Waals surface area contributed by atoms with Crippen LogP contribution < -0.4 is 10.2 Å². The number of benzene rings is 1. The molecule has 8 heteroatoms. The summed E-state index contributed by atoms with van der Waals surface area (Å²) >= 11 is 7.39. The maximum atomic E-state index is 12.7. The van der Waals surface area contributed by atoms with Gasteiger partial charge in [-0.2, -0.15) is 0 Å². The monoisotopic (exact) mass is 423 g/mol. The standard InChI is InChI=1S/C20H23ClN2O4S/c1-3-27-20(25)18-17(14-4-6-15(21)7-5-14)13(2)28-19(18)22-16(24)12-23-8-10-26-11-9-23/h4-7H,3,8-12H2,1-2H3,(H,22,24)/p+1. The second-order valence-corrected chi connectivity index (χ2v) is 8.21. The van der Waals surface area contributed by atoms with Crippen molar-refractivity contribution in [2.24, 2.45) is 0 Å². The van der Waals surface area contributed by atoms with Crippen molar-refractivity contribution >= 4 is 39.8 Å². The summed E-state index contributed by atoms with van der Waals surface area (Å²) in [4.78, 5) is 27.4. The normalized spacial score (nSPS) is 14.7. The van der Waals surface area contributed by atoms with Crippen LogP contribution in [-0.2, 0) is 14.3 Å². The van der Waals surface area contributed by atoms with Gasteiger partial charge in [0.05, 0.1) is 19.8 Å². The van der Waals surface area contributed by atoms with Gasteiger partial charge in [-0.1, -0.05) is 23.7 Å². The van der Waals surface area contributed by atoms with Crippen LogP contribution in [0.4, 0.5) is 5.00 Å². The Kier molecular flexibility index (Phi) is 7.07. The molecule has 28 heavy (non-hydrogen) atoms. The molecule has 2 heterocycles. The summed E-state index contributed by atoms with van der Waals surface area (Å²) in [6.45, 7) is 7.23. The van der Waals surface area contributed by atoms with Crippen LogP contribution in [0, 0.1) is 6.92 Å². The topological polar surface area (TPSA) is 69.1 Å². The Bertz CT molecular complexity index is 845. The van der Waals surface area contributed by atoms with Crippen molar-refractivity contribution in [3.63, 3.8) is 0 Å². The maximum Gasteiger partial charge on any atom is 0.341 e. The van der Waals surface area contributed by atoms with Gasteiger partial charge in [0, 0.05) is 15.5 Å². The molecule has 150 valence electrons. The van der Waals surface area contributed by atoms with E-state index in [1.165, 1.54) is 16.2 Å². The fraction of sp³-hybridized carbons (Fsp3) is 0.400. The Morgan fingerprint density at radius 1 is 1.25 bits per heavy atom. The molecular formula is C20H24ClN2O4S+. The number of rotatable bonds is 6. The number of aryl methyl sites for hydroxylation is 1. The van der Waals surface area contributed by atoms with E-state index in [9.17, 15) is 9.59 Å². The number of quaternary nitrogens is 1. The van der Waals surface area contributed by atoms with Gasteiger partial charge in [-0.25, -0.2) is 4.79 Å². The van der Waals surface area contributed by atoms with Gasteiger partial charge in [-0.05, 0) is 31.5 Å². The number of nitrogens with one attached hydrogen (secondary N) is 2. The lowest BCUT2D eigenvalue weighted by molar-refractivity contribution is -0.899. The van der Waals surface area contributed by atoms with E-state index in [1.54, 1.807) is 19.1 Å². The number of thiophene rings is 1. The highest BCUT2D eigenvalue weighted by molar-refractivity contribution is 7.17. The summed E-state index contributed by atoms with van der Waals surface area (Å²) < 4.78 is 10.6. The average Bonchev–Trinajstić information content (AvgIpc) is 2.99. The molecule has 6 nitrogen and oxygen atoms in total. The van der Waals surface area contributed by atoms with Crippen molar-refractivity contribution in [1.29, 1.82) is 0 Å². The van der Waals surface area contributed by atoms with E-state index in [1.807, 2.05) is 19.1 Å². The van der Waals surface area contributed by atoms with Gasteiger partial charge in [-0.15, -0.1) is 11.3 Å². The maximum absolute atomic E-state index is 12.7. The number of ether oxygens (including phenoxy) is 2. The van der Waals surface area contributed by atoms with Crippen molar-refractivity contribution in [3.05, 3.63) is 39.7 Å². The number of morpholine rings is 1. The molecule has 0 atom stereocenters. The molecule has 3 rings (SSSR count). The minimum Gasteiger partial charge on any atom is -0.462 e. The van der Waals surface area contributed by atoms with Gasteiger partial charge in [-0.3, -0.25) is 4.79 Å². The molecule has 0 saturated carbocycles. The predicted molar refractivity (Wildman–Crippen MR) is 110 cm³/mol. The molecule has 0 bridgehead atoms. The van der Waals surface area contributed by atoms with E-state index in [0.717, 1.165) is 29.1 Å². The third-order valence-corrected chi connectivity index (χ3v) is 5.83. The predicted octanol–water partition coefficient (Wildman–Crippen LogP) is 2.41. The van der Waals surface area contributed by atoms with Crippen LogP contribution in [0.25, 0.3) is 11.1 Å². The number of hydrogen-bond donors (Lipinski definition) is 2. The molecule has 1 saturated heterocycles. The van der Waals surface area contributed by atoms with Crippen LogP contribution in [0.5, 0.6) is 0 Å². The van der Waals surface area contributed by atoms with Crippen LogP contribution in [0.2, 0.25) is 5.02 Å². The molecule has 0 spiro atoms. The highest BCUT2D eigenvalue weighted by atomic mass is 35.5. The largest absolute Gasteiger partial charge is 0.462 e. The number of carbonyl (C=O) groups is 2. The lowest BCUT2D eigenvalue weighted by Gasteiger charge is -2.23. The van der Waals surface area contributed by atoms with Crippen LogP contribution in [0.3, 0.4) is 0 Å². The molecule has 1 amide bonds. The van der Waals surface area contributed by atoms with Gasteiger partial charge >= 0.3 is 5.97 Å². The van der Waals surface area contributed by atoms with Crippen LogP contribution in [0.15, 0.2) is 24.3 Å². The molecule has 1 aromatic carbocycles. The Balaban J connectivity index is 1.89. The lowest BCUT2D eigenvalue weighted by Crippen LogP contribution is -3.15. The van der Waals surface area contributed by atoms with Crippen LogP contribution >= 0.6 is 22.9 Å². The molecule has 0 radical (unpaired) electrons. The Morgan fingerprint density at radius 3 is 2.57 bits per heavy atom. The van der Waals surface area contributed by atoms with E-state index < -0.39 is 5.97 Å². The Labute approximate surface area is 173 Å². The quantitative estimate of drug-likeness (QED) is 0.700. The van der Waals surface area contributed by atoms with Crippen molar-refractivity contribution in [2.45, 2.75) is 13.8 Å². The molecule has 0 aliphatic carbocycles. The molecule has 1 fully saturated rings. The highest BCUT2D eigenvalue weighted by Crippen LogP contribution is 2.40. The van der Waals surface area contributed by atoms with Crippen LogP contribution in [0.1, 0.15) is 22.2 Å². The zero-order valence-corrected chi connectivity index (χ0v) is 17.5. The van der Waals surface area contributed by atoms with Gasteiger partial charge in [0.25, 0.3) is 5.91 Å². The van der Waals surface area contributed by atoms with Gasteiger partial charge in [0.1, 0.15) is 23.7 Å². The van der Waals surface area contributed by atoms with E-state index in [4.69, 9.17) is 21.1 Å². The smallest absolute Gasteiger partial charge is 0.341 e. The molecule has 1 aliphatic rings. The molecule has 1 aromatic heterocycles. The lowest BCUT2D eigenvalue weighted by atomic mass is 10.0. The molecule has 0 unspecified atom stereocenters. The minimum atomic E-state index is -0.439. The van der Waals surface area contributed by atoms with Gasteiger partial charge < -0.3 is 19.7 Å². The minimum absolute atomic E-state index is 0.119. The highest BCUT2D eigenvalue weighted by Gasteiger charge is 2.26. The van der Waals surface area contributed by atoms with E-state index in [-0.39, 0.29) is 12.5 Å². The first-order valence-corrected chi connectivity index (χ1v) is 10.5. The second kappa shape index (κ2) is 9.52. The SMILES string of the molecule is CCOC(=O)c1c(NC(=O)C[NH+]2CCOCC2)sc(C)c1-c1ccc(Cl)cc1. The van der Waals surface area contributed by atoms with Crippen LogP contribution in [-0.4, -0.2) is 51.3 Å². The molecule has 2 N–H and O–H groups in total. The summed E-state index contributed by atoms with van der Waals surface area (Å²) in [6.07, 6.45) is 0. The van der Waals surface area contributed by atoms with Crippen molar-refractivity contribution < 1.29 is 24.0 Å². The molecule has 1 aliphatic heterocycles. The second-order valence-electron chi connectivity index (χ2n) is 6.55.